The van der Waals surface area contributed by atoms with Gasteiger partial charge in [0.05, 0.1) is 0 Å². The minimum Gasteiger partial charge on any atom is -0.457 e. The maximum absolute atomic E-state index is 13.0. The highest BCUT2D eigenvalue weighted by Crippen LogP contribution is 2.26. The van der Waals surface area contributed by atoms with E-state index < -0.39 is 0 Å². The molecule has 0 spiro atoms. The van der Waals surface area contributed by atoms with E-state index in [9.17, 15) is 9.18 Å². The van der Waals surface area contributed by atoms with Gasteiger partial charge in [0.2, 0.25) is 0 Å². The Hall–Kier alpha value is -1.38. The van der Waals surface area contributed by atoms with Gasteiger partial charge in [0.25, 0.3) is 0 Å². The number of benzene rings is 1. The zero-order valence-corrected chi connectivity index (χ0v) is 15.0. The van der Waals surface area contributed by atoms with Crippen molar-refractivity contribution in [3.63, 3.8) is 0 Å². The fraction of sp³-hybridized carbons (Fsp3) is 0.632. The van der Waals surface area contributed by atoms with Crippen LogP contribution in [-0.2, 0) is 9.53 Å². The van der Waals surface area contributed by atoms with Gasteiger partial charge in [-0.05, 0) is 35.4 Å². The van der Waals surface area contributed by atoms with Gasteiger partial charge in [-0.3, -0.25) is 4.79 Å². The summed E-state index contributed by atoms with van der Waals surface area (Å²) in [7, 11) is 0. The second kappa shape index (κ2) is 10.4. The molecule has 126 valence electrons. The van der Waals surface area contributed by atoms with Crippen LogP contribution in [0.25, 0.3) is 0 Å². The van der Waals surface area contributed by atoms with Gasteiger partial charge in [0.1, 0.15) is 11.9 Å². The van der Waals surface area contributed by atoms with E-state index in [0.717, 1.165) is 11.8 Å². The normalized spacial score (nSPS) is 13.4. The van der Waals surface area contributed by atoms with Gasteiger partial charge in [-0.15, -0.1) is 0 Å². The van der Waals surface area contributed by atoms with E-state index in [-0.39, 0.29) is 23.8 Å². The van der Waals surface area contributed by atoms with Crippen molar-refractivity contribution in [1.82, 2.24) is 0 Å². The number of halogens is 1. The number of carbonyl (C=O) groups excluding carboxylic acids is 1. The van der Waals surface area contributed by atoms with Crippen LogP contribution in [0.15, 0.2) is 24.3 Å². The lowest BCUT2D eigenvalue weighted by molar-refractivity contribution is -0.149. The molecule has 1 rings (SSSR count). The van der Waals surface area contributed by atoms with E-state index in [2.05, 4.69) is 27.7 Å². The van der Waals surface area contributed by atoms with Gasteiger partial charge >= 0.3 is 5.97 Å². The number of hydrogen-bond donors (Lipinski definition) is 0. The molecule has 0 N–H and O–H groups in total. The van der Waals surface area contributed by atoms with Crippen LogP contribution in [0.4, 0.5) is 4.39 Å². The first-order chi connectivity index (χ1) is 10.2. The van der Waals surface area contributed by atoms with E-state index in [1.165, 1.54) is 25.5 Å². The fourth-order valence-corrected chi connectivity index (χ4v) is 1.92. The summed E-state index contributed by atoms with van der Waals surface area (Å²) in [6.45, 7) is 14.3. The average molecular weight is 310 g/mol. The summed E-state index contributed by atoms with van der Waals surface area (Å²) in [4.78, 5) is 10.9. The van der Waals surface area contributed by atoms with Crippen LogP contribution in [0.5, 0.6) is 0 Å². The van der Waals surface area contributed by atoms with Crippen LogP contribution in [-0.4, -0.2) is 5.97 Å². The Morgan fingerprint density at radius 2 is 1.73 bits per heavy atom. The summed E-state index contributed by atoms with van der Waals surface area (Å²) in [6.07, 6.45) is 0.940. The highest BCUT2D eigenvalue weighted by atomic mass is 19.1. The predicted molar refractivity (Wildman–Crippen MR) is 90.0 cm³/mol. The molecule has 0 heterocycles. The van der Waals surface area contributed by atoms with Crippen LogP contribution in [0, 0.1) is 23.6 Å². The van der Waals surface area contributed by atoms with Gasteiger partial charge in [-0.2, -0.15) is 0 Å². The molecule has 0 aliphatic rings. The van der Waals surface area contributed by atoms with E-state index in [1.54, 1.807) is 12.1 Å². The lowest BCUT2D eigenvalue weighted by atomic mass is 9.96. The lowest BCUT2D eigenvalue weighted by Crippen LogP contribution is -2.14. The molecular formula is C19H31FO2. The molecule has 0 aromatic heterocycles. The van der Waals surface area contributed by atoms with E-state index in [0.29, 0.717) is 5.56 Å². The van der Waals surface area contributed by atoms with Crippen molar-refractivity contribution in [3.8, 4) is 0 Å². The van der Waals surface area contributed by atoms with Crippen molar-refractivity contribution in [1.29, 1.82) is 0 Å². The second-order valence-corrected chi connectivity index (χ2v) is 6.46. The van der Waals surface area contributed by atoms with Crippen molar-refractivity contribution in [2.24, 2.45) is 17.8 Å². The number of hydrogen-bond acceptors (Lipinski definition) is 2. The first-order valence-corrected chi connectivity index (χ1v) is 8.11. The van der Waals surface area contributed by atoms with Gasteiger partial charge < -0.3 is 4.74 Å². The summed E-state index contributed by atoms with van der Waals surface area (Å²) >= 11 is 0. The van der Waals surface area contributed by atoms with Crippen LogP contribution in [0.3, 0.4) is 0 Å². The van der Waals surface area contributed by atoms with E-state index in [4.69, 9.17) is 4.74 Å². The lowest BCUT2D eigenvalue weighted by Gasteiger charge is -2.20. The second-order valence-electron chi connectivity index (χ2n) is 6.46. The molecule has 1 aromatic rings. The maximum atomic E-state index is 13.0. The van der Waals surface area contributed by atoms with Gasteiger partial charge in [0, 0.05) is 6.92 Å². The number of rotatable bonds is 5. The first-order valence-electron chi connectivity index (χ1n) is 8.11. The van der Waals surface area contributed by atoms with Gasteiger partial charge in [0.15, 0.2) is 0 Å². The van der Waals surface area contributed by atoms with Crippen molar-refractivity contribution < 1.29 is 13.9 Å². The molecule has 0 bridgehead atoms. The summed E-state index contributed by atoms with van der Waals surface area (Å²) in [6, 6.07) is 6.14. The Kier molecular flexibility index (Phi) is 9.71. The molecule has 0 aliphatic carbocycles. The van der Waals surface area contributed by atoms with Crippen LogP contribution < -0.4 is 0 Å². The fourth-order valence-electron chi connectivity index (χ4n) is 1.92. The largest absolute Gasteiger partial charge is 0.457 e. The van der Waals surface area contributed by atoms with Crippen LogP contribution in [0.1, 0.15) is 66.6 Å². The monoisotopic (exact) mass is 310 g/mol. The molecule has 0 saturated carbocycles. The summed E-state index contributed by atoms with van der Waals surface area (Å²) in [5.41, 5.74) is 0.695. The number of ether oxygens (including phenoxy) is 1. The van der Waals surface area contributed by atoms with Gasteiger partial charge in [-0.25, -0.2) is 4.39 Å². The highest BCUT2D eigenvalue weighted by Gasteiger charge is 2.19. The molecule has 22 heavy (non-hydrogen) atoms. The molecule has 3 heteroatoms. The first kappa shape index (κ1) is 20.6. The Balaban J connectivity index is 0.000000534. The number of carbonyl (C=O) groups is 1. The molecule has 0 fully saturated rings. The smallest absolute Gasteiger partial charge is 0.303 e. The summed E-state index contributed by atoms with van der Waals surface area (Å²) in [5.74, 6) is 1.23. The third-order valence-corrected chi connectivity index (χ3v) is 3.86. The summed E-state index contributed by atoms with van der Waals surface area (Å²) in [5, 5.41) is 0. The molecule has 2 atom stereocenters. The number of esters is 1. The maximum Gasteiger partial charge on any atom is 0.303 e. The Bertz CT molecular complexity index is 441. The van der Waals surface area contributed by atoms with Crippen molar-refractivity contribution in [3.05, 3.63) is 35.6 Å². The third kappa shape index (κ3) is 8.16. The van der Waals surface area contributed by atoms with Crippen LogP contribution in [0.2, 0.25) is 0 Å². The molecular weight excluding hydrogens is 279 g/mol. The van der Waals surface area contributed by atoms with Crippen molar-refractivity contribution >= 4 is 5.97 Å². The van der Waals surface area contributed by atoms with E-state index >= 15 is 0 Å². The molecule has 0 radical (unpaired) electrons. The highest BCUT2D eigenvalue weighted by molar-refractivity contribution is 5.66. The quantitative estimate of drug-likeness (QED) is 0.645. The minimum absolute atomic E-state index is 0.121. The minimum atomic E-state index is -0.377. The molecule has 2 nitrogen and oxygen atoms in total. The predicted octanol–water partition coefficient (Wildman–Crippen LogP) is 5.77. The zero-order chi connectivity index (χ0) is 17.3. The summed E-state index contributed by atoms with van der Waals surface area (Å²) < 4.78 is 18.1. The average Bonchev–Trinajstić information content (AvgIpc) is 2.43. The van der Waals surface area contributed by atoms with Gasteiger partial charge in [-0.1, -0.05) is 60.1 Å². The van der Waals surface area contributed by atoms with Crippen molar-refractivity contribution in [2.75, 3.05) is 0 Å². The SMILES string of the molecule is CC(=O)OC(c1cccc(F)c1)C(C)C.CCC(C)C(C)C. The van der Waals surface area contributed by atoms with E-state index in [1.807, 2.05) is 13.8 Å². The topological polar surface area (TPSA) is 26.3 Å². The Morgan fingerprint density at radius 3 is 2.05 bits per heavy atom. The van der Waals surface area contributed by atoms with Crippen LogP contribution >= 0.6 is 0 Å². The molecule has 0 aliphatic heterocycles. The third-order valence-electron chi connectivity index (χ3n) is 3.86. The molecule has 1 aromatic carbocycles. The standard InChI is InChI=1S/C12H15FO2.C7H16/c1-8(2)12(15-9(3)14)10-5-4-6-11(13)7-10;1-5-7(4)6(2)3/h4-8,12H,1-3H3;6-7H,5H2,1-4H3. The Labute approximate surface area is 135 Å². The Morgan fingerprint density at radius 1 is 1.14 bits per heavy atom. The molecule has 0 amide bonds. The zero-order valence-electron chi connectivity index (χ0n) is 15.0. The van der Waals surface area contributed by atoms with Crippen molar-refractivity contribution in [2.45, 2.75) is 61.0 Å². The molecule has 0 saturated heterocycles. The molecule has 2 unspecified atom stereocenters.